The van der Waals surface area contributed by atoms with Crippen molar-refractivity contribution in [2.24, 2.45) is 0 Å². The van der Waals surface area contributed by atoms with Gasteiger partial charge in [-0.2, -0.15) is 0 Å². The third-order valence-corrected chi connectivity index (χ3v) is 3.88. The van der Waals surface area contributed by atoms with Gasteiger partial charge < -0.3 is 10.1 Å². The minimum absolute atomic E-state index is 0.122. The summed E-state index contributed by atoms with van der Waals surface area (Å²) in [4.78, 5) is 12.4. The second kappa shape index (κ2) is 5.78. The van der Waals surface area contributed by atoms with E-state index < -0.39 is 6.10 Å². The van der Waals surface area contributed by atoms with Crippen molar-refractivity contribution in [2.75, 3.05) is 5.32 Å². The first-order valence-electron chi connectivity index (χ1n) is 7.01. The summed E-state index contributed by atoms with van der Waals surface area (Å²) in [5, 5.41) is 3.62. The number of hydrogen-bond acceptors (Lipinski definition) is 2. The van der Waals surface area contributed by atoms with E-state index in [-0.39, 0.29) is 5.91 Å². The first kappa shape index (κ1) is 14.0. The number of fused-ring (bicyclic) bond motifs is 1. The topological polar surface area (TPSA) is 38.3 Å². The molecule has 0 fully saturated rings. The average molecular weight is 302 g/mol. The van der Waals surface area contributed by atoms with Crippen molar-refractivity contribution < 1.29 is 9.53 Å². The molecule has 108 valence electrons. The zero-order valence-electron chi connectivity index (χ0n) is 11.7. The highest BCUT2D eigenvalue weighted by molar-refractivity contribution is 6.30. The van der Waals surface area contributed by atoms with Crippen LogP contribution in [0.25, 0.3) is 0 Å². The lowest BCUT2D eigenvalue weighted by Gasteiger charge is -2.13. The van der Waals surface area contributed by atoms with Gasteiger partial charge >= 0.3 is 0 Å². The van der Waals surface area contributed by atoms with E-state index in [4.69, 9.17) is 16.3 Å². The van der Waals surface area contributed by atoms with Crippen LogP contribution in [0, 0.1) is 0 Å². The first-order valence-corrected chi connectivity index (χ1v) is 7.39. The van der Waals surface area contributed by atoms with Crippen LogP contribution in [0.4, 0.5) is 5.69 Å². The molecule has 3 rings (SSSR count). The monoisotopic (exact) mass is 301 g/mol. The predicted molar refractivity (Wildman–Crippen MR) is 84.0 cm³/mol. The number of halogens is 1. The largest absolute Gasteiger partial charge is 0.480 e. The number of nitrogens with one attached hydrogen (secondary N) is 1. The average Bonchev–Trinajstić information content (AvgIpc) is 2.91. The molecule has 0 spiro atoms. The van der Waals surface area contributed by atoms with Crippen molar-refractivity contribution in [1.29, 1.82) is 0 Å². The maximum atomic E-state index is 12.4. The van der Waals surface area contributed by atoms with Gasteiger partial charge in [-0.25, -0.2) is 0 Å². The molecule has 1 aliphatic rings. The van der Waals surface area contributed by atoms with E-state index >= 15 is 0 Å². The highest BCUT2D eigenvalue weighted by atomic mass is 35.5. The van der Waals surface area contributed by atoms with E-state index in [0.29, 0.717) is 11.4 Å². The lowest BCUT2D eigenvalue weighted by molar-refractivity contribution is -0.122. The van der Waals surface area contributed by atoms with Crippen LogP contribution in [0.2, 0.25) is 5.02 Å². The van der Waals surface area contributed by atoms with Crippen LogP contribution in [0.5, 0.6) is 5.75 Å². The summed E-state index contributed by atoms with van der Waals surface area (Å²) in [6.45, 7) is 2.06. The lowest BCUT2D eigenvalue weighted by Crippen LogP contribution is -2.31. The van der Waals surface area contributed by atoms with Crippen molar-refractivity contribution in [2.45, 2.75) is 25.9 Å². The van der Waals surface area contributed by atoms with Crippen LogP contribution >= 0.6 is 11.6 Å². The molecule has 1 heterocycles. The molecule has 2 aromatic rings. The molecule has 0 aromatic heterocycles. The molecule has 21 heavy (non-hydrogen) atoms. The molecule has 1 aliphatic heterocycles. The highest BCUT2D eigenvalue weighted by Crippen LogP contribution is 2.31. The molecular formula is C17H16ClNO2. The smallest absolute Gasteiger partial charge is 0.265 e. The van der Waals surface area contributed by atoms with Gasteiger partial charge in [-0.05, 0) is 41.8 Å². The van der Waals surface area contributed by atoms with Gasteiger partial charge in [0.05, 0.1) is 0 Å². The van der Waals surface area contributed by atoms with Crippen molar-refractivity contribution in [3.05, 3.63) is 58.6 Å². The van der Waals surface area contributed by atoms with Gasteiger partial charge in [-0.15, -0.1) is 0 Å². The standard InChI is InChI=1S/C17H16ClNO2/c1-2-11-5-3-4-6-14(11)19-17(20)16-10-12-9-13(18)7-8-15(12)21-16/h3-9,16H,2,10H2,1H3,(H,19,20). The van der Waals surface area contributed by atoms with Crippen LogP contribution in [0.15, 0.2) is 42.5 Å². The third kappa shape index (κ3) is 2.88. The fourth-order valence-corrected chi connectivity index (χ4v) is 2.72. The van der Waals surface area contributed by atoms with Crippen LogP contribution < -0.4 is 10.1 Å². The van der Waals surface area contributed by atoms with E-state index in [1.165, 1.54) is 0 Å². The highest BCUT2D eigenvalue weighted by Gasteiger charge is 2.29. The molecule has 4 heteroatoms. The van der Waals surface area contributed by atoms with Crippen LogP contribution in [0.3, 0.4) is 0 Å². The number of anilines is 1. The molecule has 0 saturated heterocycles. The first-order chi connectivity index (χ1) is 10.2. The Morgan fingerprint density at radius 2 is 2.14 bits per heavy atom. The summed E-state index contributed by atoms with van der Waals surface area (Å²) in [6, 6.07) is 13.2. The number of para-hydroxylation sites is 1. The quantitative estimate of drug-likeness (QED) is 0.935. The minimum Gasteiger partial charge on any atom is -0.480 e. The molecule has 0 aliphatic carbocycles. The molecule has 0 saturated carbocycles. The van der Waals surface area contributed by atoms with Gasteiger partial charge in [-0.1, -0.05) is 36.7 Å². The lowest BCUT2D eigenvalue weighted by atomic mass is 10.1. The Balaban J connectivity index is 1.73. The summed E-state index contributed by atoms with van der Waals surface area (Å²) in [5.74, 6) is 0.617. The summed E-state index contributed by atoms with van der Waals surface area (Å²) in [7, 11) is 0. The van der Waals surface area contributed by atoms with E-state index in [1.807, 2.05) is 36.4 Å². The SMILES string of the molecule is CCc1ccccc1NC(=O)C1Cc2cc(Cl)ccc2O1. The fourth-order valence-electron chi connectivity index (χ4n) is 2.53. The number of carbonyl (C=O) groups is 1. The van der Waals surface area contributed by atoms with Crippen molar-refractivity contribution >= 4 is 23.2 Å². The summed E-state index contributed by atoms with van der Waals surface area (Å²) in [5.41, 5.74) is 2.94. The van der Waals surface area contributed by atoms with E-state index in [9.17, 15) is 4.79 Å². The van der Waals surface area contributed by atoms with Crippen molar-refractivity contribution in [3.8, 4) is 5.75 Å². The molecule has 1 amide bonds. The van der Waals surface area contributed by atoms with Gasteiger partial charge in [-0.3, -0.25) is 4.79 Å². The molecule has 1 unspecified atom stereocenters. The zero-order chi connectivity index (χ0) is 14.8. The number of rotatable bonds is 3. The molecule has 0 bridgehead atoms. The molecule has 0 radical (unpaired) electrons. The second-order valence-corrected chi connectivity index (χ2v) is 5.50. The number of hydrogen-bond donors (Lipinski definition) is 1. The Morgan fingerprint density at radius 3 is 2.95 bits per heavy atom. The van der Waals surface area contributed by atoms with E-state index in [2.05, 4.69) is 12.2 Å². The Kier molecular flexibility index (Phi) is 3.84. The molecule has 1 N–H and O–H groups in total. The summed E-state index contributed by atoms with van der Waals surface area (Å²) in [6.07, 6.45) is 0.928. The van der Waals surface area contributed by atoms with Crippen molar-refractivity contribution in [3.63, 3.8) is 0 Å². The van der Waals surface area contributed by atoms with Crippen LogP contribution in [-0.2, 0) is 17.6 Å². The number of amides is 1. The minimum atomic E-state index is -0.497. The molecule has 1 atom stereocenters. The Bertz CT molecular complexity index is 684. The molecule has 3 nitrogen and oxygen atoms in total. The predicted octanol–water partition coefficient (Wildman–Crippen LogP) is 3.84. The van der Waals surface area contributed by atoms with E-state index in [1.54, 1.807) is 6.07 Å². The summed E-state index contributed by atoms with van der Waals surface area (Å²) >= 11 is 5.96. The normalized spacial score (nSPS) is 16.2. The number of carbonyl (C=O) groups excluding carboxylic acids is 1. The maximum absolute atomic E-state index is 12.4. The maximum Gasteiger partial charge on any atom is 0.265 e. The Hall–Kier alpha value is -2.00. The van der Waals surface area contributed by atoms with Gasteiger partial charge in [0.25, 0.3) is 5.91 Å². The fraction of sp³-hybridized carbons (Fsp3) is 0.235. The third-order valence-electron chi connectivity index (χ3n) is 3.65. The Labute approximate surface area is 128 Å². The van der Waals surface area contributed by atoms with Gasteiger partial charge in [0.1, 0.15) is 5.75 Å². The summed E-state index contributed by atoms with van der Waals surface area (Å²) < 4.78 is 5.70. The number of benzene rings is 2. The van der Waals surface area contributed by atoms with Crippen LogP contribution in [0.1, 0.15) is 18.1 Å². The van der Waals surface area contributed by atoms with E-state index in [0.717, 1.165) is 29.0 Å². The molecular weight excluding hydrogens is 286 g/mol. The second-order valence-electron chi connectivity index (χ2n) is 5.06. The van der Waals surface area contributed by atoms with Crippen LogP contribution in [-0.4, -0.2) is 12.0 Å². The van der Waals surface area contributed by atoms with Crippen molar-refractivity contribution in [1.82, 2.24) is 0 Å². The zero-order valence-corrected chi connectivity index (χ0v) is 12.5. The van der Waals surface area contributed by atoms with Gasteiger partial charge in [0.2, 0.25) is 0 Å². The number of aryl methyl sites for hydroxylation is 1. The van der Waals surface area contributed by atoms with Gasteiger partial charge in [0, 0.05) is 17.1 Å². The Morgan fingerprint density at radius 1 is 1.33 bits per heavy atom. The number of ether oxygens (including phenoxy) is 1. The van der Waals surface area contributed by atoms with Gasteiger partial charge in [0.15, 0.2) is 6.10 Å². The molecule has 2 aromatic carbocycles.